The standard InChI is InChI=1S/C39H42ClF2N3O7/c1-39(2,3)52-38(49)44-31(15-22-9-11-23(12-10-22)25-13-14-34(50-4)43-20-25)32(46)17-26(16-24-7-5-6-8-29(24)41)37(48)45-35-28-18-27(40)19-30(42)36(28)51-21-33(35)47/h5-14,18-20,26,31-33,35,46-47H,15-17,21H2,1-4H3,(H,44,49)(H,45,48)/t26-,31+,32+,33-,35+/m1/s1. The molecule has 0 saturated carbocycles. The zero-order valence-electron chi connectivity index (χ0n) is 29.2. The average Bonchev–Trinajstić information content (AvgIpc) is 3.09. The van der Waals surface area contributed by atoms with E-state index < -0.39 is 59.4 Å². The van der Waals surface area contributed by atoms with E-state index in [1.165, 1.54) is 31.4 Å². The Kier molecular flexibility index (Phi) is 12.4. The van der Waals surface area contributed by atoms with Gasteiger partial charge in [0.2, 0.25) is 11.8 Å². The highest BCUT2D eigenvalue weighted by atomic mass is 35.5. The molecule has 0 saturated heterocycles. The monoisotopic (exact) mass is 737 g/mol. The van der Waals surface area contributed by atoms with Gasteiger partial charge in [0, 0.05) is 34.3 Å². The molecule has 2 heterocycles. The number of carbonyl (C=O) groups excluding carboxylic acids is 2. The van der Waals surface area contributed by atoms with Gasteiger partial charge in [-0.25, -0.2) is 18.6 Å². The molecule has 0 fully saturated rings. The van der Waals surface area contributed by atoms with Gasteiger partial charge in [-0.15, -0.1) is 0 Å². The summed E-state index contributed by atoms with van der Waals surface area (Å²) in [5.41, 5.74) is 2.04. The Balaban J connectivity index is 1.41. The van der Waals surface area contributed by atoms with Crippen molar-refractivity contribution in [2.24, 2.45) is 5.92 Å². The van der Waals surface area contributed by atoms with E-state index in [1.807, 2.05) is 30.3 Å². The lowest BCUT2D eigenvalue weighted by Gasteiger charge is -2.33. The third-order valence-corrected chi connectivity index (χ3v) is 8.85. The number of nitrogens with one attached hydrogen (secondary N) is 2. The fourth-order valence-electron chi connectivity index (χ4n) is 6.05. The number of nitrogens with zero attached hydrogens (tertiary/aromatic N) is 1. The second-order valence-electron chi connectivity index (χ2n) is 13.7. The van der Waals surface area contributed by atoms with Crippen LogP contribution < -0.4 is 20.1 Å². The quantitative estimate of drug-likeness (QED) is 0.132. The lowest BCUT2D eigenvalue weighted by atomic mass is 9.87. The molecule has 1 aliphatic heterocycles. The SMILES string of the molecule is COc1ccc(-c2ccc(C[C@H](NC(=O)OC(C)(C)C)[C@@H](O)C[C@@H](Cc3ccccc3F)C(=O)N[C@H]3c4cc(Cl)cc(F)c4OC[C@H]3O)cc2)cn1. The van der Waals surface area contributed by atoms with Crippen LogP contribution in [-0.4, -0.2) is 64.8 Å². The maximum absolute atomic E-state index is 14.9. The van der Waals surface area contributed by atoms with Crippen LogP contribution in [0.4, 0.5) is 13.6 Å². The summed E-state index contributed by atoms with van der Waals surface area (Å²) in [5, 5.41) is 28.1. The highest BCUT2D eigenvalue weighted by Crippen LogP contribution is 2.37. The van der Waals surface area contributed by atoms with E-state index in [9.17, 15) is 28.6 Å². The number of alkyl carbamates (subject to hydrolysis) is 1. The first-order valence-corrected chi connectivity index (χ1v) is 17.2. The number of aliphatic hydroxyl groups excluding tert-OH is 2. The van der Waals surface area contributed by atoms with Gasteiger partial charge in [0.25, 0.3) is 0 Å². The van der Waals surface area contributed by atoms with Gasteiger partial charge in [-0.1, -0.05) is 54.1 Å². The van der Waals surface area contributed by atoms with Gasteiger partial charge in [-0.3, -0.25) is 4.79 Å². The smallest absolute Gasteiger partial charge is 0.407 e. The second kappa shape index (κ2) is 16.7. The predicted molar refractivity (Wildman–Crippen MR) is 191 cm³/mol. The number of amides is 2. The topological polar surface area (TPSA) is 139 Å². The molecule has 276 valence electrons. The first-order chi connectivity index (χ1) is 24.7. The van der Waals surface area contributed by atoms with Crippen molar-refractivity contribution >= 4 is 23.6 Å². The first kappa shape index (κ1) is 38.5. The number of aromatic nitrogens is 1. The Labute approximate surface area is 306 Å². The molecular formula is C39H42ClF2N3O7. The molecule has 1 aliphatic rings. The lowest BCUT2D eigenvalue weighted by molar-refractivity contribution is -0.128. The summed E-state index contributed by atoms with van der Waals surface area (Å²) in [7, 11) is 1.54. The van der Waals surface area contributed by atoms with E-state index in [1.54, 1.807) is 39.1 Å². The minimum Gasteiger partial charge on any atom is -0.487 e. The molecule has 0 aliphatic carbocycles. The largest absolute Gasteiger partial charge is 0.487 e. The van der Waals surface area contributed by atoms with Crippen molar-refractivity contribution in [2.45, 2.75) is 69.9 Å². The number of hydrogen-bond acceptors (Lipinski definition) is 8. The molecule has 0 spiro atoms. The van der Waals surface area contributed by atoms with Crippen LogP contribution in [0.25, 0.3) is 11.1 Å². The number of ether oxygens (including phenoxy) is 3. The Morgan fingerprint density at radius 2 is 1.73 bits per heavy atom. The number of hydrogen-bond donors (Lipinski definition) is 4. The second-order valence-corrected chi connectivity index (χ2v) is 14.1. The van der Waals surface area contributed by atoms with Crippen molar-refractivity contribution < 1.29 is 42.8 Å². The summed E-state index contributed by atoms with van der Waals surface area (Å²) in [5.74, 6) is -2.68. The van der Waals surface area contributed by atoms with Gasteiger partial charge in [-0.2, -0.15) is 0 Å². The summed E-state index contributed by atoms with van der Waals surface area (Å²) in [4.78, 5) is 31.3. The molecule has 4 N–H and O–H groups in total. The molecule has 52 heavy (non-hydrogen) atoms. The molecule has 5 atom stereocenters. The number of pyridine rings is 1. The van der Waals surface area contributed by atoms with E-state index in [0.29, 0.717) is 5.88 Å². The van der Waals surface area contributed by atoms with Crippen molar-refractivity contribution in [1.82, 2.24) is 15.6 Å². The van der Waals surface area contributed by atoms with Gasteiger partial charge < -0.3 is 35.1 Å². The van der Waals surface area contributed by atoms with Crippen molar-refractivity contribution in [3.63, 3.8) is 0 Å². The number of halogens is 3. The Morgan fingerprint density at radius 3 is 2.38 bits per heavy atom. The van der Waals surface area contributed by atoms with Crippen molar-refractivity contribution in [3.8, 4) is 22.8 Å². The van der Waals surface area contributed by atoms with E-state index in [2.05, 4.69) is 15.6 Å². The molecule has 10 nitrogen and oxygen atoms in total. The number of fused-ring (bicyclic) bond motifs is 1. The fourth-order valence-corrected chi connectivity index (χ4v) is 6.26. The maximum atomic E-state index is 14.9. The average molecular weight is 738 g/mol. The minimum atomic E-state index is -1.33. The van der Waals surface area contributed by atoms with Crippen LogP contribution in [-0.2, 0) is 22.4 Å². The van der Waals surface area contributed by atoms with Gasteiger partial charge in [0.1, 0.15) is 24.1 Å². The number of rotatable bonds is 12. The van der Waals surface area contributed by atoms with Crippen molar-refractivity contribution in [3.05, 3.63) is 112 Å². The normalized spacial score (nSPS) is 17.2. The van der Waals surface area contributed by atoms with Crippen LogP contribution in [0, 0.1) is 17.6 Å². The molecule has 0 unspecified atom stereocenters. The van der Waals surface area contributed by atoms with Gasteiger partial charge in [0.05, 0.1) is 25.3 Å². The number of methoxy groups -OCH3 is 1. The van der Waals surface area contributed by atoms with Gasteiger partial charge >= 0.3 is 6.09 Å². The van der Waals surface area contributed by atoms with Crippen LogP contribution in [0.15, 0.2) is 79.0 Å². The molecule has 4 aromatic rings. The molecule has 1 aromatic heterocycles. The Hall–Kier alpha value is -4.78. The third kappa shape index (κ3) is 9.96. The number of aliphatic hydroxyl groups is 2. The van der Waals surface area contributed by atoms with Crippen LogP contribution in [0.1, 0.15) is 49.9 Å². The Morgan fingerprint density at radius 1 is 1.02 bits per heavy atom. The van der Waals surface area contributed by atoms with E-state index in [0.717, 1.165) is 22.8 Å². The Bertz CT molecular complexity index is 1850. The molecule has 0 bridgehead atoms. The molecule has 3 aromatic carbocycles. The summed E-state index contributed by atoms with van der Waals surface area (Å²) in [6, 6.07) is 17.5. The van der Waals surface area contributed by atoms with E-state index >= 15 is 0 Å². The van der Waals surface area contributed by atoms with E-state index in [4.69, 9.17) is 25.8 Å². The maximum Gasteiger partial charge on any atom is 0.407 e. The van der Waals surface area contributed by atoms with Crippen molar-refractivity contribution in [1.29, 1.82) is 0 Å². The molecule has 0 radical (unpaired) electrons. The van der Waals surface area contributed by atoms with Crippen LogP contribution in [0.3, 0.4) is 0 Å². The number of benzene rings is 3. The van der Waals surface area contributed by atoms with Crippen LogP contribution in [0.5, 0.6) is 11.6 Å². The highest BCUT2D eigenvalue weighted by molar-refractivity contribution is 6.30. The fraction of sp³-hybridized carbons (Fsp3) is 0.359. The minimum absolute atomic E-state index is 0.0382. The van der Waals surface area contributed by atoms with Crippen LogP contribution >= 0.6 is 11.6 Å². The van der Waals surface area contributed by atoms with E-state index in [-0.39, 0.29) is 47.8 Å². The van der Waals surface area contributed by atoms with Gasteiger partial charge in [-0.05, 0) is 81.0 Å². The molecule has 5 rings (SSSR count). The number of carbonyl (C=O) groups is 2. The molecular weight excluding hydrogens is 696 g/mol. The highest BCUT2D eigenvalue weighted by Gasteiger charge is 2.36. The van der Waals surface area contributed by atoms with Crippen molar-refractivity contribution in [2.75, 3.05) is 13.7 Å². The summed E-state index contributed by atoms with van der Waals surface area (Å²) >= 11 is 6.10. The zero-order valence-corrected chi connectivity index (χ0v) is 30.0. The summed E-state index contributed by atoms with van der Waals surface area (Å²) < 4.78 is 45.7. The lowest BCUT2D eigenvalue weighted by Crippen LogP contribution is -2.49. The van der Waals surface area contributed by atoms with Gasteiger partial charge in [0.15, 0.2) is 11.6 Å². The summed E-state index contributed by atoms with van der Waals surface area (Å²) in [6.07, 6.45) is -1.88. The molecule has 13 heteroatoms. The first-order valence-electron chi connectivity index (χ1n) is 16.8. The zero-order chi connectivity index (χ0) is 37.6. The van der Waals surface area contributed by atoms with Crippen LogP contribution in [0.2, 0.25) is 5.02 Å². The third-order valence-electron chi connectivity index (χ3n) is 8.63. The predicted octanol–water partition coefficient (Wildman–Crippen LogP) is 6.35. The summed E-state index contributed by atoms with van der Waals surface area (Å²) in [6.45, 7) is 4.83. The molecule has 2 amide bonds.